The molecule has 1 rings (SSSR count). The van der Waals surface area contributed by atoms with Crippen LogP contribution in [-0.4, -0.2) is 6.29 Å². The standard InChI is InChI=1S/C8H5BrF2O/c9-6-2-1-5(3-4-12)7(10)8(6)11/h1-2,4H,3H2. The maximum Gasteiger partial charge on any atom is 0.173 e. The predicted octanol–water partition coefficient (Wildman–Crippen LogP) is 2.47. The zero-order valence-electron chi connectivity index (χ0n) is 5.98. The van der Waals surface area contributed by atoms with Gasteiger partial charge >= 0.3 is 0 Å². The second-order valence-electron chi connectivity index (χ2n) is 2.21. The Morgan fingerprint density at radius 3 is 2.58 bits per heavy atom. The quantitative estimate of drug-likeness (QED) is 0.568. The minimum atomic E-state index is -0.962. The highest BCUT2D eigenvalue weighted by atomic mass is 79.9. The van der Waals surface area contributed by atoms with Gasteiger partial charge < -0.3 is 4.79 Å². The van der Waals surface area contributed by atoms with Crippen LogP contribution in [0.25, 0.3) is 0 Å². The lowest BCUT2D eigenvalue weighted by atomic mass is 10.1. The number of hydrogen-bond donors (Lipinski definition) is 0. The molecule has 1 aromatic rings. The van der Waals surface area contributed by atoms with Crippen LogP contribution in [0, 0.1) is 11.6 Å². The Balaban J connectivity index is 3.16. The lowest BCUT2D eigenvalue weighted by Gasteiger charge is -2.00. The third-order valence-electron chi connectivity index (χ3n) is 1.42. The van der Waals surface area contributed by atoms with E-state index >= 15 is 0 Å². The number of carbonyl (C=O) groups is 1. The molecule has 0 aliphatic heterocycles. The van der Waals surface area contributed by atoms with Crippen LogP contribution in [0.15, 0.2) is 16.6 Å². The van der Waals surface area contributed by atoms with Crippen molar-refractivity contribution in [2.75, 3.05) is 0 Å². The summed E-state index contributed by atoms with van der Waals surface area (Å²) in [5, 5.41) is 0. The fraction of sp³-hybridized carbons (Fsp3) is 0.125. The summed E-state index contributed by atoms with van der Waals surface area (Å²) in [6.45, 7) is 0. The lowest BCUT2D eigenvalue weighted by Crippen LogP contribution is -1.95. The Kier molecular flexibility index (Phi) is 2.92. The van der Waals surface area contributed by atoms with Gasteiger partial charge in [-0.15, -0.1) is 0 Å². The number of rotatable bonds is 2. The Morgan fingerprint density at radius 2 is 2.00 bits per heavy atom. The third kappa shape index (κ3) is 1.69. The third-order valence-corrected chi connectivity index (χ3v) is 2.03. The summed E-state index contributed by atoms with van der Waals surface area (Å²) in [5.41, 5.74) is 0.0747. The summed E-state index contributed by atoms with van der Waals surface area (Å²) in [6.07, 6.45) is 0.432. The normalized spacial score (nSPS) is 9.92. The molecule has 0 radical (unpaired) electrons. The molecule has 12 heavy (non-hydrogen) atoms. The van der Waals surface area contributed by atoms with Gasteiger partial charge in [-0.3, -0.25) is 0 Å². The maximum absolute atomic E-state index is 12.9. The molecule has 0 aromatic heterocycles. The van der Waals surface area contributed by atoms with E-state index in [-0.39, 0.29) is 16.5 Å². The van der Waals surface area contributed by atoms with Crippen LogP contribution in [0.1, 0.15) is 5.56 Å². The van der Waals surface area contributed by atoms with Crippen molar-refractivity contribution in [1.29, 1.82) is 0 Å². The van der Waals surface area contributed by atoms with Crippen LogP contribution < -0.4 is 0 Å². The van der Waals surface area contributed by atoms with Crippen LogP contribution >= 0.6 is 15.9 Å². The topological polar surface area (TPSA) is 17.1 Å². The molecule has 0 heterocycles. The smallest absolute Gasteiger partial charge is 0.173 e. The highest BCUT2D eigenvalue weighted by Crippen LogP contribution is 2.20. The van der Waals surface area contributed by atoms with E-state index in [0.29, 0.717) is 6.29 Å². The molecular weight excluding hydrogens is 230 g/mol. The van der Waals surface area contributed by atoms with Crippen LogP contribution in [0.4, 0.5) is 8.78 Å². The summed E-state index contributed by atoms with van der Waals surface area (Å²) in [5.74, 6) is -1.91. The average molecular weight is 235 g/mol. The fourth-order valence-electron chi connectivity index (χ4n) is 0.813. The van der Waals surface area contributed by atoms with E-state index in [1.807, 2.05) is 0 Å². The average Bonchev–Trinajstić information content (AvgIpc) is 2.07. The van der Waals surface area contributed by atoms with Gasteiger partial charge in [0.05, 0.1) is 4.47 Å². The van der Waals surface area contributed by atoms with E-state index in [4.69, 9.17) is 0 Å². The summed E-state index contributed by atoms with van der Waals surface area (Å²) < 4.78 is 25.7. The molecule has 0 aliphatic carbocycles. The van der Waals surface area contributed by atoms with Crippen molar-refractivity contribution < 1.29 is 13.6 Å². The van der Waals surface area contributed by atoms with Crippen molar-refractivity contribution in [3.63, 3.8) is 0 Å². The second-order valence-corrected chi connectivity index (χ2v) is 3.06. The van der Waals surface area contributed by atoms with E-state index < -0.39 is 11.6 Å². The van der Waals surface area contributed by atoms with E-state index in [0.717, 1.165) is 0 Å². The Hall–Kier alpha value is -0.770. The Labute approximate surface area is 76.5 Å². The van der Waals surface area contributed by atoms with Gasteiger partial charge in [-0.1, -0.05) is 6.07 Å². The molecule has 0 fully saturated rings. The van der Waals surface area contributed by atoms with Crippen LogP contribution in [0.3, 0.4) is 0 Å². The molecule has 4 heteroatoms. The predicted molar refractivity (Wildman–Crippen MR) is 43.8 cm³/mol. The van der Waals surface area contributed by atoms with Gasteiger partial charge in [-0.2, -0.15) is 0 Å². The molecule has 1 nitrogen and oxygen atoms in total. The summed E-state index contributed by atoms with van der Waals surface area (Å²) in [6, 6.07) is 2.74. The van der Waals surface area contributed by atoms with Crippen molar-refractivity contribution in [1.82, 2.24) is 0 Å². The lowest BCUT2D eigenvalue weighted by molar-refractivity contribution is -0.107. The molecule has 0 N–H and O–H groups in total. The number of aldehydes is 1. The minimum absolute atomic E-state index is 0.0645. The zero-order chi connectivity index (χ0) is 9.14. The fourth-order valence-corrected chi connectivity index (χ4v) is 1.12. The number of halogens is 3. The van der Waals surface area contributed by atoms with Crippen molar-refractivity contribution in [3.05, 3.63) is 33.8 Å². The minimum Gasteiger partial charge on any atom is -0.303 e. The highest BCUT2D eigenvalue weighted by Gasteiger charge is 2.10. The van der Waals surface area contributed by atoms with Crippen molar-refractivity contribution in [2.24, 2.45) is 0 Å². The Morgan fingerprint density at radius 1 is 1.33 bits per heavy atom. The second kappa shape index (κ2) is 3.76. The molecule has 0 aliphatic rings. The van der Waals surface area contributed by atoms with Gasteiger partial charge in [-0.05, 0) is 27.6 Å². The summed E-state index contributed by atoms with van der Waals surface area (Å²) in [7, 11) is 0. The molecule has 0 amide bonds. The maximum atomic E-state index is 12.9. The molecule has 0 saturated heterocycles. The first kappa shape index (κ1) is 9.32. The molecule has 1 aromatic carbocycles. The van der Waals surface area contributed by atoms with E-state index in [2.05, 4.69) is 15.9 Å². The van der Waals surface area contributed by atoms with Gasteiger partial charge in [0.15, 0.2) is 11.6 Å². The van der Waals surface area contributed by atoms with E-state index in [1.165, 1.54) is 12.1 Å². The first-order chi connectivity index (χ1) is 5.66. The Bertz CT molecular complexity index is 312. The SMILES string of the molecule is O=CCc1ccc(Br)c(F)c1F. The van der Waals surface area contributed by atoms with Crippen LogP contribution in [-0.2, 0) is 11.2 Å². The summed E-state index contributed by atoms with van der Waals surface area (Å²) in [4.78, 5) is 10.0. The largest absolute Gasteiger partial charge is 0.303 e. The molecule has 0 unspecified atom stereocenters. The van der Waals surface area contributed by atoms with Crippen molar-refractivity contribution in [2.45, 2.75) is 6.42 Å². The van der Waals surface area contributed by atoms with Crippen LogP contribution in [0.5, 0.6) is 0 Å². The van der Waals surface area contributed by atoms with Crippen LogP contribution in [0.2, 0.25) is 0 Å². The number of carbonyl (C=O) groups excluding carboxylic acids is 1. The zero-order valence-corrected chi connectivity index (χ0v) is 7.57. The monoisotopic (exact) mass is 234 g/mol. The summed E-state index contributed by atoms with van der Waals surface area (Å²) >= 11 is 2.83. The van der Waals surface area contributed by atoms with E-state index in [9.17, 15) is 13.6 Å². The van der Waals surface area contributed by atoms with Gasteiger partial charge in [0.1, 0.15) is 6.29 Å². The molecule has 0 saturated carbocycles. The number of benzene rings is 1. The molecule has 0 atom stereocenters. The molecule has 64 valence electrons. The first-order valence-corrected chi connectivity index (χ1v) is 4.02. The molecule has 0 spiro atoms. The first-order valence-electron chi connectivity index (χ1n) is 3.23. The van der Waals surface area contributed by atoms with Gasteiger partial charge in [0.2, 0.25) is 0 Å². The highest BCUT2D eigenvalue weighted by molar-refractivity contribution is 9.10. The van der Waals surface area contributed by atoms with Crippen molar-refractivity contribution in [3.8, 4) is 0 Å². The van der Waals surface area contributed by atoms with Gasteiger partial charge in [-0.25, -0.2) is 8.78 Å². The molecular formula is C8H5BrF2O. The van der Waals surface area contributed by atoms with Crippen molar-refractivity contribution >= 4 is 22.2 Å². The van der Waals surface area contributed by atoms with E-state index in [1.54, 1.807) is 0 Å². The molecule has 0 bridgehead atoms. The van der Waals surface area contributed by atoms with Gasteiger partial charge in [0, 0.05) is 6.42 Å². The number of hydrogen-bond acceptors (Lipinski definition) is 1. The van der Waals surface area contributed by atoms with Gasteiger partial charge in [0.25, 0.3) is 0 Å².